The standard InChI is InChI=1S/C23H21ClO3S/c1-15-5-4-6-20(16(15)2)27-14-18-13-17(8-10-21(18)26-3)7-9-19(25)22-11-12-23(24)28-22/h4-13H,14H2,1-3H3/b9-7+. The monoisotopic (exact) mass is 412 g/mol. The number of allylic oxidation sites excluding steroid dienone is 1. The fourth-order valence-corrected chi connectivity index (χ4v) is 3.72. The van der Waals surface area contributed by atoms with E-state index in [1.165, 1.54) is 16.9 Å². The molecular weight excluding hydrogens is 392 g/mol. The highest BCUT2D eigenvalue weighted by atomic mass is 35.5. The molecule has 0 atom stereocenters. The van der Waals surface area contributed by atoms with Gasteiger partial charge in [-0.05, 0) is 66.9 Å². The summed E-state index contributed by atoms with van der Waals surface area (Å²) in [4.78, 5) is 12.9. The van der Waals surface area contributed by atoms with E-state index in [0.29, 0.717) is 15.8 Å². The van der Waals surface area contributed by atoms with E-state index in [2.05, 4.69) is 13.0 Å². The summed E-state index contributed by atoms with van der Waals surface area (Å²) in [5.41, 5.74) is 4.12. The molecule has 0 aliphatic rings. The number of hydrogen-bond acceptors (Lipinski definition) is 4. The molecule has 3 nitrogen and oxygen atoms in total. The molecule has 0 saturated carbocycles. The number of carbonyl (C=O) groups excluding carboxylic acids is 1. The Kier molecular flexibility index (Phi) is 6.55. The normalized spacial score (nSPS) is 11.0. The number of hydrogen-bond donors (Lipinski definition) is 0. The molecule has 0 unspecified atom stereocenters. The minimum absolute atomic E-state index is 0.0686. The fourth-order valence-electron chi connectivity index (χ4n) is 2.75. The van der Waals surface area contributed by atoms with Crippen molar-refractivity contribution in [3.63, 3.8) is 0 Å². The molecule has 0 radical (unpaired) electrons. The first kappa shape index (κ1) is 20.2. The smallest absolute Gasteiger partial charge is 0.195 e. The van der Waals surface area contributed by atoms with Gasteiger partial charge in [-0.15, -0.1) is 11.3 Å². The van der Waals surface area contributed by atoms with Crippen molar-refractivity contribution < 1.29 is 14.3 Å². The molecule has 0 saturated heterocycles. The van der Waals surface area contributed by atoms with Gasteiger partial charge in [-0.2, -0.15) is 0 Å². The zero-order valence-electron chi connectivity index (χ0n) is 16.0. The van der Waals surface area contributed by atoms with Gasteiger partial charge in [0.2, 0.25) is 0 Å². The van der Waals surface area contributed by atoms with Gasteiger partial charge in [-0.25, -0.2) is 0 Å². The Morgan fingerprint density at radius 3 is 2.64 bits per heavy atom. The van der Waals surface area contributed by atoms with Crippen LogP contribution in [0.25, 0.3) is 6.08 Å². The van der Waals surface area contributed by atoms with Crippen molar-refractivity contribution in [2.24, 2.45) is 0 Å². The van der Waals surface area contributed by atoms with Gasteiger partial charge < -0.3 is 9.47 Å². The summed E-state index contributed by atoms with van der Waals surface area (Å²) in [6, 6.07) is 15.2. The van der Waals surface area contributed by atoms with Crippen LogP contribution in [0.4, 0.5) is 0 Å². The molecule has 0 amide bonds. The van der Waals surface area contributed by atoms with Gasteiger partial charge in [0.1, 0.15) is 18.1 Å². The number of rotatable bonds is 7. The zero-order chi connectivity index (χ0) is 20.1. The van der Waals surface area contributed by atoms with E-state index in [-0.39, 0.29) is 5.78 Å². The largest absolute Gasteiger partial charge is 0.496 e. The number of ether oxygens (including phenoxy) is 2. The number of benzene rings is 2. The first-order valence-corrected chi connectivity index (χ1v) is 10.0. The minimum atomic E-state index is -0.0686. The van der Waals surface area contributed by atoms with Crippen molar-refractivity contribution in [3.8, 4) is 11.5 Å². The molecule has 5 heteroatoms. The van der Waals surface area contributed by atoms with Crippen LogP contribution < -0.4 is 9.47 Å². The Balaban J connectivity index is 1.77. The van der Waals surface area contributed by atoms with Crippen LogP contribution in [0, 0.1) is 13.8 Å². The Hall–Kier alpha value is -2.56. The van der Waals surface area contributed by atoms with Crippen LogP contribution in [0.15, 0.2) is 54.6 Å². The van der Waals surface area contributed by atoms with Crippen LogP contribution in [0.1, 0.15) is 31.9 Å². The van der Waals surface area contributed by atoms with E-state index >= 15 is 0 Å². The molecule has 1 aromatic heterocycles. The van der Waals surface area contributed by atoms with Gasteiger partial charge in [-0.3, -0.25) is 4.79 Å². The number of methoxy groups -OCH3 is 1. The highest BCUT2D eigenvalue weighted by molar-refractivity contribution is 7.18. The van der Waals surface area contributed by atoms with Crippen molar-refractivity contribution in [1.82, 2.24) is 0 Å². The van der Waals surface area contributed by atoms with E-state index < -0.39 is 0 Å². The first-order valence-electron chi connectivity index (χ1n) is 8.81. The second-order valence-corrected chi connectivity index (χ2v) is 8.07. The Morgan fingerprint density at radius 2 is 1.93 bits per heavy atom. The average molecular weight is 413 g/mol. The summed E-state index contributed by atoms with van der Waals surface area (Å²) < 4.78 is 12.1. The first-order chi connectivity index (χ1) is 13.5. The van der Waals surface area contributed by atoms with Crippen molar-refractivity contribution >= 4 is 34.8 Å². The van der Waals surface area contributed by atoms with Crippen LogP contribution in [0.2, 0.25) is 4.34 Å². The molecule has 2 aromatic carbocycles. The van der Waals surface area contributed by atoms with Crippen molar-refractivity contribution in [2.75, 3.05) is 7.11 Å². The van der Waals surface area contributed by atoms with Crippen LogP contribution >= 0.6 is 22.9 Å². The molecule has 0 spiro atoms. The zero-order valence-corrected chi connectivity index (χ0v) is 17.6. The Labute approximate surface area is 174 Å². The van der Waals surface area contributed by atoms with E-state index in [4.69, 9.17) is 21.1 Å². The summed E-state index contributed by atoms with van der Waals surface area (Å²) in [5.74, 6) is 1.53. The average Bonchev–Trinajstić information content (AvgIpc) is 3.13. The fraction of sp³-hybridized carbons (Fsp3) is 0.174. The van der Waals surface area contributed by atoms with Crippen LogP contribution in [0.3, 0.4) is 0 Å². The predicted octanol–water partition coefficient (Wildman–Crippen LogP) is 6.50. The van der Waals surface area contributed by atoms with E-state index in [1.807, 2.05) is 37.3 Å². The summed E-state index contributed by atoms with van der Waals surface area (Å²) in [5, 5.41) is 0. The van der Waals surface area contributed by atoms with Gasteiger partial charge in [0.15, 0.2) is 5.78 Å². The predicted molar refractivity (Wildman–Crippen MR) is 116 cm³/mol. The second kappa shape index (κ2) is 9.09. The molecule has 28 heavy (non-hydrogen) atoms. The number of aryl methyl sites for hydroxylation is 1. The number of halogens is 1. The van der Waals surface area contributed by atoms with Crippen LogP contribution in [-0.2, 0) is 6.61 Å². The number of thiophene rings is 1. The third kappa shape index (κ3) is 4.83. The quantitative estimate of drug-likeness (QED) is 0.328. The summed E-state index contributed by atoms with van der Waals surface area (Å²) >= 11 is 7.17. The van der Waals surface area contributed by atoms with E-state index in [1.54, 1.807) is 31.4 Å². The molecule has 144 valence electrons. The van der Waals surface area contributed by atoms with Gasteiger partial charge in [0, 0.05) is 5.56 Å². The van der Waals surface area contributed by atoms with Gasteiger partial charge >= 0.3 is 0 Å². The maximum absolute atomic E-state index is 12.2. The minimum Gasteiger partial charge on any atom is -0.496 e. The molecule has 0 N–H and O–H groups in total. The maximum Gasteiger partial charge on any atom is 0.195 e. The Morgan fingerprint density at radius 1 is 1.11 bits per heavy atom. The highest BCUT2D eigenvalue weighted by Crippen LogP contribution is 2.26. The molecule has 0 bridgehead atoms. The van der Waals surface area contributed by atoms with Crippen molar-refractivity contribution in [3.05, 3.63) is 86.1 Å². The lowest BCUT2D eigenvalue weighted by Crippen LogP contribution is -2.01. The maximum atomic E-state index is 12.2. The second-order valence-electron chi connectivity index (χ2n) is 6.36. The van der Waals surface area contributed by atoms with E-state index in [0.717, 1.165) is 28.2 Å². The summed E-state index contributed by atoms with van der Waals surface area (Å²) in [6.07, 6.45) is 3.34. The SMILES string of the molecule is COc1ccc(/C=C/C(=O)c2ccc(Cl)s2)cc1COc1cccc(C)c1C. The molecule has 0 fully saturated rings. The van der Waals surface area contributed by atoms with Gasteiger partial charge in [0.05, 0.1) is 16.3 Å². The highest BCUT2D eigenvalue weighted by Gasteiger charge is 2.08. The molecule has 3 aromatic rings. The van der Waals surface area contributed by atoms with E-state index in [9.17, 15) is 4.79 Å². The lowest BCUT2D eigenvalue weighted by atomic mass is 10.1. The summed E-state index contributed by atoms with van der Waals surface area (Å²) in [6.45, 7) is 4.49. The Bertz CT molecular complexity index is 1020. The molecule has 1 heterocycles. The third-order valence-electron chi connectivity index (χ3n) is 4.49. The number of carbonyl (C=O) groups is 1. The van der Waals surface area contributed by atoms with Gasteiger partial charge in [0.25, 0.3) is 0 Å². The molecular formula is C23H21ClO3S. The van der Waals surface area contributed by atoms with Crippen molar-refractivity contribution in [2.45, 2.75) is 20.5 Å². The topological polar surface area (TPSA) is 35.5 Å². The molecule has 0 aliphatic heterocycles. The van der Waals surface area contributed by atoms with Crippen LogP contribution in [0.5, 0.6) is 11.5 Å². The number of ketones is 1. The van der Waals surface area contributed by atoms with Gasteiger partial charge in [-0.1, -0.05) is 35.9 Å². The third-order valence-corrected chi connectivity index (χ3v) is 5.73. The molecule has 0 aliphatic carbocycles. The lowest BCUT2D eigenvalue weighted by Gasteiger charge is -2.13. The van der Waals surface area contributed by atoms with Crippen LogP contribution in [-0.4, -0.2) is 12.9 Å². The van der Waals surface area contributed by atoms with Crippen molar-refractivity contribution in [1.29, 1.82) is 0 Å². The lowest BCUT2D eigenvalue weighted by molar-refractivity contribution is 0.105. The summed E-state index contributed by atoms with van der Waals surface area (Å²) in [7, 11) is 1.64. The molecule has 3 rings (SSSR count).